The lowest BCUT2D eigenvalue weighted by Crippen LogP contribution is -2.40. The number of piperidine rings is 1. The van der Waals surface area contributed by atoms with Crippen molar-refractivity contribution in [2.75, 3.05) is 24.5 Å². The molecule has 35 heavy (non-hydrogen) atoms. The zero-order valence-corrected chi connectivity index (χ0v) is 21.8. The van der Waals surface area contributed by atoms with Crippen molar-refractivity contribution in [3.8, 4) is 0 Å². The largest absolute Gasteiger partial charge is 0.369 e. The Balaban J connectivity index is 1.72. The van der Waals surface area contributed by atoms with Crippen molar-refractivity contribution in [2.45, 2.75) is 52.4 Å². The van der Waals surface area contributed by atoms with Crippen molar-refractivity contribution >= 4 is 57.7 Å². The van der Waals surface area contributed by atoms with Crippen LogP contribution in [0.3, 0.4) is 0 Å². The molecule has 2 aliphatic heterocycles. The van der Waals surface area contributed by atoms with Gasteiger partial charge in [-0.25, -0.2) is 4.98 Å². The quantitative estimate of drug-likeness (QED) is 0.328. The molecule has 0 saturated carbocycles. The van der Waals surface area contributed by atoms with E-state index in [4.69, 9.17) is 22.9 Å². The number of rotatable bonds is 8. The van der Waals surface area contributed by atoms with Crippen LogP contribution in [-0.4, -0.2) is 50.1 Å². The second-order valence-corrected chi connectivity index (χ2v) is 10.8. The number of nitrogens with zero attached hydrogens (tertiary/aromatic N) is 4. The van der Waals surface area contributed by atoms with Crippen LogP contribution in [0.5, 0.6) is 0 Å². The van der Waals surface area contributed by atoms with Crippen molar-refractivity contribution in [1.82, 2.24) is 14.3 Å². The summed E-state index contributed by atoms with van der Waals surface area (Å²) in [6.45, 7) is 5.76. The fraction of sp³-hybridized carbons (Fsp3) is 0.480. The molecule has 2 aliphatic rings. The summed E-state index contributed by atoms with van der Waals surface area (Å²) in [6.07, 6.45) is 8.73. The van der Waals surface area contributed by atoms with Gasteiger partial charge in [0, 0.05) is 31.7 Å². The van der Waals surface area contributed by atoms with E-state index in [-0.39, 0.29) is 23.3 Å². The van der Waals surface area contributed by atoms with Gasteiger partial charge in [-0.2, -0.15) is 0 Å². The molecule has 2 N–H and O–H groups in total. The number of pyridine rings is 1. The number of carbonyl (C=O) groups is 2. The first-order chi connectivity index (χ1) is 16.8. The molecule has 2 amide bonds. The molecule has 10 heteroatoms. The number of nitrogens with two attached hydrogens (primary N) is 1. The predicted octanol–water partition coefficient (Wildman–Crippen LogP) is 3.49. The smallest absolute Gasteiger partial charge is 0.267 e. The highest BCUT2D eigenvalue weighted by atomic mass is 32.2. The van der Waals surface area contributed by atoms with Crippen LogP contribution >= 0.6 is 24.0 Å². The van der Waals surface area contributed by atoms with Crippen LogP contribution in [0.25, 0.3) is 11.7 Å². The fourth-order valence-corrected chi connectivity index (χ4v) is 5.85. The van der Waals surface area contributed by atoms with Crippen LogP contribution in [0.4, 0.5) is 5.82 Å². The Morgan fingerprint density at radius 1 is 1.26 bits per heavy atom. The number of unbranched alkanes of at least 4 members (excludes halogenated alkanes) is 3. The van der Waals surface area contributed by atoms with E-state index in [0.29, 0.717) is 58.7 Å². The lowest BCUT2D eigenvalue weighted by atomic mass is 9.96. The van der Waals surface area contributed by atoms with Gasteiger partial charge >= 0.3 is 0 Å². The van der Waals surface area contributed by atoms with E-state index in [1.807, 2.05) is 24.0 Å². The number of thiocarbonyl (C=S) groups is 1. The van der Waals surface area contributed by atoms with Crippen molar-refractivity contribution in [2.24, 2.45) is 11.7 Å². The zero-order valence-electron chi connectivity index (χ0n) is 20.2. The summed E-state index contributed by atoms with van der Waals surface area (Å²) in [5.41, 5.74) is 7.08. The molecule has 186 valence electrons. The van der Waals surface area contributed by atoms with Crippen LogP contribution in [0.2, 0.25) is 0 Å². The third kappa shape index (κ3) is 5.28. The van der Waals surface area contributed by atoms with Crippen molar-refractivity contribution in [3.63, 3.8) is 0 Å². The Morgan fingerprint density at radius 2 is 2.00 bits per heavy atom. The normalized spacial score (nSPS) is 18.3. The van der Waals surface area contributed by atoms with Gasteiger partial charge in [-0.1, -0.05) is 56.2 Å². The summed E-state index contributed by atoms with van der Waals surface area (Å²) >= 11 is 6.72. The van der Waals surface area contributed by atoms with Gasteiger partial charge in [0.2, 0.25) is 5.91 Å². The molecule has 2 aromatic heterocycles. The molecule has 8 nitrogen and oxygen atoms in total. The third-order valence-electron chi connectivity index (χ3n) is 6.65. The number of anilines is 1. The summed E-state index contributed by atoms with van der Waals surface area (Å²) in [5.74, 6) is -0.110. The second-order valence-electron chi connectivity index (χ2n) is 9.10. The first-order valence-electron chi connectivity index (χ1n) is 12.1. The predicted molar refractivity (Wildman–Crippen MR) is 144 cm³/mol. The molecule has 0 atom stereocenters. The third-order valence-corrected chi connectivity index (χ3v) is 8.02. The number of aromatic nitrogens is 2. The molecule has 0 spiro atoms. The van der Waals surface area contributed by atoms with Gasteiger partial charge in [-0.3, -0.25) is 23.7 Å². The average molecular weight is 514 g/mol. The Kier molecular flexibility index (Phi) is 7.91. The lowest BCUT2D eigenvalue weighted by Gasteiger charge is -2.32. The molecule has 0 radical (unpaired) electrons. The Morgan fingerprint density at radius 3 is 2.69 bits per heavy atom. The average Bonchev–Trinajstić information content (AvgIpc) is 3.11. The van der Waals surface area contributed by atoms with Gasteiger partial charge in [0.15, 0.2) is 0 Å². The topological polar surface area (TPSA) is 101 Å². The molecule has 4 rings (SSSR count). The van der Waals surface area contributed by atoms with Gasteiger partial charge in [0.25, 0.3) is 11.5 Å². The number of primary amides is 1. The summed E-state index contributed by atoms with van der Waals surface area (Å²) < 4.78 is 2.04. The van der Waals surface area contributed by atoms with E-state index in [9.17, 15) is 14.4 Å². The summed E-state index contributed by atoms with van der Waals surface area (Å²) in [4.78, 5) is 47.4. The molecular formula is C25H31N5O3S2. The molecular weight excluding hydrogens is 482 g/mol. The van der Waals surface area contributed by atoms with Gasteiger partial charge < -0.3 is 10.6 Å². The van der Waals surface area contributed by atoms with Gasteiger partial charge in [0.1, 0.15) is 15.8 Å². The lowest BCUT2D eigenvalue weighted by molar-refractivity contribution is -0.123. The second kappa shape index (κ2) is 10.9. The van der Waals surface area contributed by atoms with Gasteiger partial charge in [-0.15, -0.1) is 0 Å². The maximum atomic E-state index is 13.6. The van der Waals surface area contributed by atoms with E-state index in [2.05, 4.69) is 6.92 Å². The number of fused-ring (bicyclic) bond motifs is 1. The number of amides is 2. The van der Waals surface area contributed by atoms with Crippen LogP contribution in [0.1, 0.15) is 56.6 Å². The maximum Gasteiger partial charge on any atom is 0.267 e. The number of hydrogen-bond acceptors (Lipinski definition) is 7. The van der Waals surface area contributed by atoms with Gasteiger partial charge in [-0.05, 0) is 43.9 Å². The number of thioether (sulfide) groups is 1. The molecule has 0 unspecified atom stereocenters. The SMILES string of the molecule is CCCCCCN1C(=O)/C(=C/c2c(N3CCC(C(N)=O)CC3)nc3c(C)cccn3c2=O)SC1=S. The fourth-order valence-electron chi connectivity index (χ4n) is 4.56. The minimum absolute atomic E-state index is 0.163. The highest BCUT2D eigenvalue weighted by molar-refractivity contribution is 8.26. The standard InChI is InChI=1S/C25H31N5O3S2/c1-3-4-5-6-11-30-24(33)19(35-25(30)34)15-18-22(28-13-9-17(10-14-28)20(26)31)27-21-16(2)8-7-12-29(21)23(18)32/h7-8,12,15,17H,3-6,9-11,13-14H2,1-2H3,(H2,26,31)/b19-15-. The molecule has 0 bridgehead atoms. The van der Waals surface area contributed by atoms with Crippen LogP contribution in [0, 0.1) is 12.8 Å². The molecule has 0 aromatic carbocycles. The Hall–Kier alpha value is -2.72. The van der Waals surface area contributed by atoms with E-state index in [1.54, 1.807) is 17.2 Å². The van der Waals surface area contributed by atoms with Crippen LogP contribution in [0.15, 0.2) is 28.0 Å². The van der Waals surface area contributed by atoms with Crippen molar-refractivity contribution < 1.29 is 9.59 Å². The van der Waals surface area contributed by atoms with Gasteiger partial charge in [0.05, 0.1) is 10.5 Å². The minimum Gasteiger partial charge on any atom is -0.369 e. The summed E-state index contributed by atoms with van der Waals surface area (Å²) in [5, 5.41) is 0. The van der Waals surface area contributed by atoms with E-state index < -0.39 is 0 Å². The van der Waals surface area contributed by atoms with E-state index in [0.717, 1.165) is 31.2 Å². The summed E-state index contributed by atoms with van der Waals surface area (Å²) in [6, 6.07) is 3.72. The maximum absolute atomic E-state index is 13.6. The molecule has 2 saturated heterocycles. The first kappa shape index (κ1) is 25.4. The minimum atomic E-state index is -0.296. The monoisotopic (exact) mass is 513 g/mol. The van der Waals surface area contributed by atoms with Crippen molar-refractivity contribution in [3.05, 3.63) is 44.7 Å². The highest BCUT2D eigenvalue weighted by Gasteiger charge is 2.33. The highest BCUT2D eigenvalue weighted by Crippen LogP contribution is 2.34. The zero-order chi connectivity index (χ0) is 25.1. The van der Waals surface area contributed by atoms with E-state index in [1.165, 1.54) is 16.2 Å². The Labute approximate surface area is 214 Å². The molecule has 4 heterocycles. The molecule has 2 aromatic rings. The number of hydrogen-bond donors (Lipinski definition) is 1. The molecule has 0 aliphatic carbocycles. The van der Waals surface area contributed by atoms with Crippen LogP contribution < -0.4 is 16.2 Å². The Bertz CT molecular complexity index is 1250. The summed E-state index contributed by atoms with van der Waals surface area (Å²) in [7, 11) is 0. The molecule has 2 fully saturated rings. The van der Waals surface area contributed by atoms with Crippen molar-refractivity contribution in [1.29, 1.82) is 0 Å². The number of aryl methyl sites for hydroxylation is 1. The number of carbonyl (C=O) groups excluding carboxylic acids is 2. The first-order valence-corrected chi connectivity index (χ1v) is 13.4. The van der Waals surface area contributed by atoms with E-state index >= 15 is 0 Å². The van der Waals surface area contributed by atoms with Crippen LogP contribution in [-0.2, 0) is 9.59 Å².